The number of para-hydroxylation sites is 1. The number of hydrogen-bond donors (Lipinski definition) is 2. The average molecular weight is 374 g/mol. The van der Waals surface area contributed by atoms with Crippen molar-refractivity contribution in [1.82, 2.24) is 5.32 Å². The predicted molar refractivity (Wildman–Crippen MR) is 84.7 cm³/mol. The van der Waals surface area contributed by atoms with Crippen LogP contribution in [0.25, 0.3) is 0 Å². The van der Waals surface area contributed by atoms with Crippen LogP contribution in [0.1, 0.15) is 26.3 Å². The molecule has 0 unspecified atom stereocenters. The molecule has 122 valence electrons. The van der Waals surface area contributed by atoms with Crippen LogP contribution in [0.3, 0.4) is 0 Å². The van der Waals surface area contributed by atoms with Crippen molar-refractivity contribution in [2.45, 2.75) is 38.8 Å². The van der Waals surface area contributed by atoms with Crippen molar-refractivity contribution in [3.8, 4) is 5.75 Å². The number of amides is 1. The van der Waals surface area contributed by atoms with Gasteiger partial charge in [0.1, 0.15) is 17.4 Å². The van der Waals surface area contributed by atoms with Crippen LogP contribution in [0.5, 0.6) is 5.75 Å². The highest BCUT2D eigenvalue weighted by atomic mass is 79.9. The monoisotopic (exact) mass is 373 g/mol. The summed E-state index contributed by atoms with van der Waals surface area (Å²) in [4.78, 5) is 23.6. The molecule has 1 amide bonds. The minimum absolute atomic E-state index is 0.0161. The minimum Gasteiger partial charge on any atom is -0.506 e. The van der Waals surface area contributed by atoms with Gasteiger partial charge in [-0.3, -0.25) is 0 Å². The third kappa shape index (κ3) is 5.55. The van der Waals surface area contributed by atoms with Crippen LogP contribution in [0.15, 0.2) is 22.7 Å². The number of hydrogen-bond acceptors (Lipinski definition) is 5. The van der Waals surface area contributed by atoms with Gasteiger partial charge in [0.2, 0.25) is 0 Å². The summed E-state index contributed by atoms with van der Waals surface area (Å²) in [5.74, 6) is -0.604. The first-order chi connectivity index (χ1) is 10.1. The smallest absolute Gasteiger partial charge is 0.408 e. The number of ether oxygens (including phenoxy) is 2. The van der Waals surface area contributed by atoms with Gasteiger partial charge in [-0.1, -0.05) is 12.1 Å². The molecule has 1 aromatic rings. The summed E-state index contributed by atoms with van der Waals surface area (Å²) in [6, 6.07) is 4.10. The fraction of sp³-hybridized carbons (Fsp3) is 0.467. The lowest BCUT2D eigenvalue weighted by Gasteiger charge is -2.22. The summed E-state index contributed by atoms with van der Waals surface area (Å²) in [6.45, 7) is 5.17. The maximum atomic E-state index is 11.8. The molecule has 6 nitrogen and oxygen atoms in total. The highest BCUT2D eigenvalue weighted by Crippen LogP contribution is 2.28. The summed E-state index contributed by atoms with van der Waals surface area (Å²) >= 11 is 3.20. The number of benzene rings is 1. The Balaban J connectivity index is 2.88. The highest BCUT2D eigenvalue weighted by molar-refractivity contribution is 9.10. The zero-order valence-electron chi connectivity index (χ0n) is 13.0. The molecule has 0 saturated heterocycles. The number of carbonyl (C=O) groups excluding carboxylic acids is 2. The van der Waals surface area contributed by atoms with Crippen LogP contribution < -0.4 is 5.32 Å². The zero-order valence-corrected chi connectivity index (χ0v) is 14.6. The maximum absolute atomic E-state index is 11.8. The number of alkyl carbamates (subject to hydrolysis) is 1. The molecule has 0 aliphatic rings. The van der Waals surface area contributed by atoms with Gasteiger partial charge in [0.25, 0.3) is 0 Å². The first kappa shape index (κ1) is 18.3. The third-order valence-corrected chi connectivity index (χ3v) is 3.31. The molecule has 0 radical (unpaired) electrons. The fourth-order valence-corrected chi connectivity index (χ4v) is 2.14. The molecule has 1 atom stereocenters. The Hall–Kier alpha value is -1.76. The molecule has 0 aliphatic carbocycles. The second-order valence-corrected chi connectivity index (χ2v) is 6.53. The Kier molecular flexibility index (Phi) is 6.22. The van der Waals surface area contributed by atoms with Gasteiger partial charge in [-0.2, -0.15) is 0 Å². The van der Waals surface area contributed by atoms with Crippen LogP contribution in [0.4, 0.5) is 4.79 Å². The molecule has 0 heterocycles. The van der Waals surface area contributed by atoms with E-state index in [1.165, 1.54) is 7.11 Å². The van der Waals surface area contributed by atoms with Gasteiger partial charge in [0.15, 0.2) is 0 Å². The molecular weight excluding hydrogens is 354 g/mol. The lowest BCUT2D eigenvalue weighted by atomic mass is 10.1. The van der Waals surface area contributed by atoms with E-state index in [-0.39, 0.29) is 12.2 Å². The van der Waals surface area contributed by atoms with Gasteiger partial charge in [0.05, 0.1) is 11.6 Å². The number of methoxy groups -OCH3 is 1. The first-order valence-electron chi connectivity index (χ1n) is 6.67. The van der Waals surface area contributed by atoms with Gasteiger partial charge in [0, 0.05) is 6.42 Å². The van der Waals surface area contributed by atoms with Crippen LogP contribution in [0.2, 0.25) is 0 Å². The standard InChI is InChI=1S/C15H20BrNO5/c1-15(2,3)22-14(20)17-11(13(19)21-4)8-9-6-5-7-10(16)12(9)18/h5-7,11,18H,8H2,1-4H3,(H,17,20)/t11-/m1/s1. The maximum Gasteiger partial charge on any atom is 0.408 e. The van der Waals surface area contributed by atoms with E-state index in [1.807, 2.05) is 0 Å². The zero-order chi connectivity index (χ0) is 16.9. The summed E-state index contributed by atoms with van der Waals surface area (Å²) in [5, 5.41) is 12.4. The summed E-state index contributed by atoms with van der Waals surface area (Å²) in [7, 11) is 1.23. The largest absolute Gasteiger partial charge is 0.506 e. The van der Waals surface area contributed by atoms with E-state index in [4.69, 9.17) is 4.74 Å². The lowest BCUT2D eigenvalue weighted by molar-refractivity contribution is -0.143. The number of phenolic OH excluding ortho intramolecular Hbond substituents is 1. The molecule has 0 saturated carbocycles. The van der Waals surface area contributed by atoms with Crippen molar-refractivity contribution in [1.29, 1.82) is 0 Å². The van der Waals surface area contributed by atoms with Crippen molar-refractivity contribution in [3.05, 3.63) is 28.2 Å². The molecule has 0 spiro atoms. The molecule has 1 aromatic carbocycles. The van der Waals surface area contributed by atoms with Crippen LogP contribution in [-0.4, -0.2) is 35.9 Å². The van der Waals surface area contributed by atoms with E-state index in [0.717, 1.165) is 0 Å². The Bertz CT molecular complexity index is 553. The quantitative estimate of drug-likeness (QED) is 0.792. The van der Waals surface area contributed by atoms with Gasteiger partial charge in [-0.25, -0.2) is 9.59 Å². The lowest BCUT2D eigenvalue weighted by Crippen LogP contribution is -2.45. The molecule has 0 aliphatic heterocycles. The molecule has 22 heavy (non-hydrogen) atoms. The van der Waals surface area contributed by atoms with Gasteiger partial charge in [-0.15, -0.1) is 0 Å². The van der Waals surface area contributed by atoms with Crippen molar-refractivity contribution in [2.75, 3.05) is 7.11 Å². The SMILES string of the molecule is COC(=O)[C@@H](Cc1cccc(Br)c1O)NC(=O)OC(C)(C)C. The third-order valence-electron chi connectivity index (χ3n) is 2.67. The second kappa shape index (κ2) is 7.49. The van der Waals surface area contributed by atoms with E-state index in [9.17, 15) is 14.7 Å². The Morgan fingerprint density at radius 2 is 2.00 bits per heavy atom. The Morgan fingerprint density at radius 3 is 2.55 bits per heavy atom. The predicted octanol–water partition coefficient (Wildman–Crippen LogP) is 2.76. The van der Waals surface area contributed by atoms with E-state index < -0.39 is 23.7 Å². The van der Waals surface area contributed by atoms with Crippen molar-refractivity contribution < 1.29 is 24.2 Å². The Labute approximate surface area is 137 Å². The van der Waals surface area contributed by atoms with Crippen molar-refractivity contribution in [3.63, 3.8) is 0 Å². The van der Waals surface area contributed by atoms with Crippen LogP contribution in [0, 0.1) is 0 Å². The summed E-state index contributed by atoms with van der Waals surface area (Å²) in [6.07, 6.45) is -0.644. The highest BCUT2D eigenvalue weighted by Gasteiger charge is 2.26. The summed E-state index contributed by atoms with van der Waals surface area (Å²) in [5.41, 5.74) is -0.177. The Morgan fingerprint density at radius 1 is 1.36 bits per heavy atom. The number of halogens is 1. The summed E-state index contributed by atoms with van der Waals surface area (Å²) < 4.78 is 10.3. The normalized spacial score (nSPS) is 12.4. The van der Waals surface area contributed by atoms with Crippen LogP contribution in [-0.2, 0) is 20.7 Å². The number of rotatable bonds is 4. The molecule has 0 aromatic heterocycles. The van der Waals surface area contributed by atoms with E-state index >= 15 is 0 Å². The van der Waals surface area contributed by atoms with Crippen molar-refractivity contribution in [2.24, 2.45) is 0 Å². The molecule has 1 rings (SSSR count). The number of phenols is 1. The number of carbonyl (C=O) groups is 2. The molecule has 0 bridgehead atoms. The second-order valence-electron chi connectivity index (χ2n) is 5.67. The van der Waals surface area contributed by atoms with Gasteiger partial charge in [-0.05, 0) is 48.3 Å². The molecular formula is C15H20BrNO5. The van der Waals surface area contributed by atoms with Crippen molar-refractivity contribution >= 4 is 28.0 Å². The van der Waals surface area contributed by atoms with E-state index in [0.29, 0.717) is 10.0 Å². The van der Waals surface area contributed by atoms with Gasteiger partial charge < -0.3 is 19.9 Å². The fourth-order valence-electron chi connectivity index (χ4n) is 1.73. The molecule has 7 heteroatoms. The van der Waals surface area contributed by atoms with E-state index in [1.54, 1.807) is 39.0 Å². The number of nitrogens with one attached hydrogen (secondary N) is 1. The molecule has 0 fully saturated rings. The van der Waals surface area contributed by atoms with Gasteiger partial charge >= 0.3 is 12.1 Å². The average Bonchev–Trinajstić information content (AvgIpc) is 2.40. The first-order valence-corrected chi connectivity index (χ1v) is 7.47. The molecule has 2 N–H and O–H groups in total. The van der Waals surface area contributed by atoms with E-state index in [2.05, 4.69) is 26.0 Å². The topological polar surface area (TPSA) is 84.9 Å². The number of esters is 1. The minimum atomic E-state index is -0.958. The van der Waals surface area contributed by atoms with Crippen LogP contribution >= 0.6 is 15.9 Å². The number of aromatic hydroxyl groups is 1.